The number of hydrogen-bond acceptors (Lipinski definition) is 4. The molecular weight excluding hydrogens is 278 g/mol. The second-order valence-electron chi connectivity index (χ2n) is 4.15. The summed E-state index contributed by atoms with van der Waals surface area (Å²) >= 11 is 5.82. The van der Waals surface area contributed by atoms with Crippen LogP contribution >= 0.6 is 11.6 Å². The summed E-state index contributed by atoms with van der Waals surface area (Å²) in [6.07, 6.45) is 0. The Morgan fingerprint density at radius 3 is 2.65 bits per heavy atom. The smallest absolute Gasteiger partial charge is 0.215 e. The first-order valence-corrected chi connectivity index (χ1v) is 6.40. The summed E-state index contributed by atoms with van der Waals surface area (Å²) in [5.74, 6) is 1.98. The third-order valence-corrected chi connectivity index (χ3v) is 3.02. The van der Waals surface area contributed by atoms with Crippen LogP contribution in [0.15, 0.2) is 36.4 Å². The van der Waals surface area contributed by atoms with Crippen LogP contribution < -0.4 is 9.47 Å². The van der Waals surface area contributed by atoms with E-state index in [0.29, 0.717) is 29.0 Å². The van der Waals surface area contributed by atoms with Crippen LogP contribution in [0.4, 0.5) is 0 Å². The van der Waals surface area contributed by atoms with Gasteiger partial charge in [-0.1, -0.05) is 11.6 Å². The van der Waals surface area contributed by atoms with Gasteiger partial charge in [-0.2, -0.15) is 4.98 Å². The number of methoxy groups -OCH3 is 1. The largest absolute Gasteiger partial charge is 0.486 e. The molecule has 2 aromatic heterocycles. The van der Waals surface area contributed by atoms with E-state index in [1.807, 2.05) is 18.2 Å². The number of aromatic amines is 1. The maximum Gasteiger partial charge on any atom is 0.215 e. The number of imidazole rings is 1. The molecule has 0 saturated heterocycles. The molecule has 0 saturated carbocycles. The maximum atomic E-state index is 5.82. The Kier molecular flexibility index (Phi) is 3.43. The van der Waals surface area contributed by atoms with E-state index in [-0.39, 0.29) is 0 Å². The minimum absolute atomic E-state index is 0.334. The maximum absolute atomic E-state index is 5.82. The highest BCUT2D eigenvalue weighted by molar-refractivity contribution is 6.30. The summed E-state index contributed by atoms with van der Waals surface area (Å²) in [6, 6.07) is 10.8. The molecule has 2 heterocycles. The molecule has 0 radical (unpaired) electrons. The van der Waals surface area contributed by atoms with Gasteiger partial charge in [0.2, 0.25) is 5.88 Å². The van der Waals surface area contributed by atoms with E-state index in [1.165, 1.54) is 0 Å². The second-order valence-corrected chi connectivity index (χ2v) is 4.59. The van der Waals surface area contributed by atoms with E-state index in [2.05, 4.69) is 15.0 Å². The molecule has 0 aliphatic carbocycles. The van der Waals surface area contributed by atoms with Crippen LogP contribution in [0, 0.1) is 0 Å². The van der Waals surface area contributed by atoms with Crippen molar-refractivity contribution in [1.82, 2.24) is 15.0 Å². The summed E-state index contributed by atoms with van der Waals surface area (Å²) in [7, 11) is 1.57. The van der Waals surface area contributed by atoms with Crippen LogP contribution in [0.2, 0.25) is 5.02 Å². The normalized spacial score (nSPS) is 10.7. The minimum Gasteiger partial charge on any atom is -0.486 e. The molecule has 0 bridgehead atoms. The van der Waals surface area contributed by atoms with Crippen molar-refractivity contribution in [3.63, 3.8) is 0 Å². The first-order chi connectivity index (χ1) is 9.74. The molecule has 0 aliphatic rings. The topological polar surface area (TPSA) is 60.0 Å². The second kappa shape index (κ2) is 5.38. The van der Waals surface area contributed by atoms with Crippen molar-refractivity contribution >= 4 is 22.8 Å². The Bertz CT molecular complexity index is 725. The number of hydrogen-bond donors (Lipinski definition) is 1. The molecule has 0 unspecified atom stereocenters. The first-order valence-electron chi connectivity index (χ1n) is 6.02. The van der Waals surface area contributed by atoms with E-state index in [0.717, 1.165) is 11.3 Å². The number of aromatic nitrogens is 3. The summed E-state index contributed by atoms with van der Waals surface area (Å²) in [6.45, 7) is 0.334. The molecule has 5 nitrogen and oxygen atoms in total. The van der Waals surface area contributed by atoms with Gasteiger partial charge < -0.3 is 14.5 Å². The fourth-order valence-corrected chi connectivity index (χ4v) is 1.92. The van der Waals surface area contributed by atoms with Gasteiger partial charge in [-0.15, -0.1) is 0 Å². The predicted octanol–water partition coefficient (Wildman–Crippen LogP) is 3.20. The standard InChI is InChI=1S/C14H12ClN3O2/c1-19-13-7-6-11-14(18-13)17-12(16-11)8-20-10-4-2-9(15)3-5-10/h2-7H,8H2,1H3,(H,16,17,18). The zero-order chi connectivity index (χ0) is 13.9. The van der Waals surface area contributed by atoms with Gasteiger partial charge in [-0.25, -0.2) is 4.98 Å². The van der Waals surface area contributed by atoms with E-state index in [4.69, 9.17) is 21.1 Å². The number of rotatable bonds is 4. The quantitative estimate of drug-likeness (QED) is 0.801. The van der Waals surface area contributed by atoms with E-state index >= 15 is 0 Å². The van der Waals surface area contributed by atoms with Crippen LogP contribution in [0.3, 0.4) is 0 Å². The molecule has 0 aliphatic heterocycles. The molecule has 102 valence electrons. The third-order valence-electron chi connectivity index (χ3n) is 2.77. The zero-order valence-corrected chi connectivity index (χ0v) is 11.5. The van der Waals surface area contributed by atoms with Gasteiger partial charge in [0.25, 0.3) is 0 Å². The number of H-pyrrole nitrogens is 1. The van der Waals surface area contributed by atoms with Crippen molar-refractivity contribution in [3.8, 4) is 11.6 Å². The average Bonchev–Trinajstić information content (AvgIpc) is 2.88. The monoisotopic (exact) mass is 289 g/mol. The van der Waals surface area contributed by atoms with Gasteiger partial charge in [0.05, 0.1) is 12.6 Å². The molecule has 3 rings (SSSR count). The molecule has 0 fully saturated rings. The first kappa shape index (κ1) is 12.7. The fraction of sp³-hybridized carbons (Fsp3) is 0.143. The van der Waals surface area contributed by atoms with Crippen LogP contribution in [0.25, 0.3) is 11.2 Å². The highest BCUT2D eigenvalue weighted by atomic mass is 35.5. The molecule has 0 atom stereocenters. The van der Waals surface area contributed by atoms with Crippen molar-refractivity contribution in [2.45, 2.75) is 6.61 Å². The number of nitrogens with zero attached hydrogens (tertiary/aromatic N) is 2. The van der Waals surface area contributed by atoms with Crippen LogP contribution in [0.5, 0.6) is 11.6 Å². The number of pyridine rings is 1. The molecule has 0 spiro atoms. The molecule has 1 aromatic carbocycles. The Labute approximate surface area is 120 Å². The van der Waals surface area contributed by atoms with Crippen LogP contribution in [-0.4, -0.2) is 22.1 Å². The Morgan fingerprint density at radius 1 is 1.10 bits per heavy atom. The molecule has 0 amide bonds. The van der Waals surface area contributed by atoms with Crippen LogP contribution in [-0.2, 0) is 6.61 Å². The van der Waals surface area contributed by atoms with Gasteiger partial charge in [0.15, 0.2) is 5.65 Å². The van der Waals surface area contributed by atoms with Gasteiger partial charge in [0.1, 0.15) is 18.2 Å². The van der Waals surface area contributed by atoms with Crippen molar-refractivity contribution < 1.29 is 9.47 Å². The SMILES string of the molecule is COc1ccc2[nH]c(COc3ccc(Cl)cc3)nc2n1. The summed E-state index contributed by atoms with van der Waals surface area (Å²) in [5, 5.41) is 0.678. The van der Waals surface area contributed by atoms with E-state index < -0.39 is 0 Å². The minimum atomic E-state index is 0.334. The highest BCUT2D eigenvalue weighted by Gasteiger charge is 2.06. The van der Waals surface area contributed by atoms with Crippen LogP contribution in [0.1, 0.15) is 5.82 Å². The van der Waals surface area contributed by atoms with Crippen molar-refractivity contribution in [2.75, 3.05) is 7.11 Å². The van der Waals surface area contributed by atoms with Gasteiger partial charge in [-0.3, -0.25) is 0 Å². The zero-order valence-electron chi connectivity index (χ0n) is 10.8. The molecule has 6 heteroatoms. The number of benzene rings is 1. The number of fused-ring (bicyclic) bond motifs is 1. The summed E-state index contributed by atoms with van der Waals surface area (Å²) < 4.78 is 10.7. The van der Waals surface area contributed by atoms with Gasteiger partial charge in [0, 0.05) is 11.1 Å². The predicted molar refractivity (Wildman–Crippen MR) is 76.2 cm³/mol. The molecule has 20 heavy (non-hydrogen) atoms. The lowest BCUT2D eigenvalue weighted by atomic mass is 10.3. The third kappa shape index (κ3) is 2.67. The number of ether oxygens (including phenoxy) is 2. The van der Waals surface area contributed by atoms with E-state index in [9.17, 15) is 0 Å². The lowest BCUT2D eigenvalue weighted by molar-refractivity contribution is 0.297. The molecule has 3 aromatic rings. The molecular formula is C14H12ClN3O2. The van der Waals surface area contributed by atoms with Crippen molar-refractivity contribution in [1.29, 1.82) is 0 Å². The summed E-state index contributed by atoms with van der Waals surface area (Å²) in [4.78, 5) is 11.7. The Balaban J connectivity index is 1.75. The van der Waals surface area contributed by atoms with Crippen molar-refractivity contribution in [2.24, 2.45) is 0 Å². The fourth-order valence-electron chi connectivity index (χ4n) is 1.79. The Morgan fingerprint density at radius 2 is 1.90 bits per heavy atom. The van der Waals surface area contributed by atoms with Gasteiger partial charge >= 0.3 is 0 Å². The Hall–Kier alpha value is -2.27. The van der Waals surface area contributed by atoms with Gasteiger partial charge in [-0.05, 0) is 30.3 Å². The average molecular weight is 290 g/mol. The number of nitrogens with one attached hydrogen (secondary N) is 1. The lowest BCUT2D eigenvalue weighted by Crippen LogP contribution is -1.97. The highest BCUT2D eigenvalue weighted by Crippen LogP contribution is 2.18. The molecule has 1 N–H and O–H groups in total. The van der Waals surface area contributed by atoms with E-state index in [1.54, 1.807) is 25.3 Å². The van der Waals surface area contributed by atoms with Crippen molar-refractivity contribution in [3.05, 3.63) is 47.2 Å². The lowest BCUT2D eigenvalue weighted by Gasteiger charge is -2.03. The summed E-state index contributed by atoms with van der Waals surface area (Å²) in [5.41, 5.74) is 1.46. The number of halogens is 1.